The number of methoxy groups -OCH3 is 1. The number of amides is 2. The highest BCUT2D eigenvalue weighted by molar-refractivity contribution is 5.92. The zero-order valence-electron chi connectivity index (χ0n) is 12.1. The van der Waals surface area contributed by atoms with Crippen LogP contribution < -0.4 is 10.6 Å². The minimum atomic E-state index is -0.398. The molecule has 112 valence electrons. The van der Waals surface area contributed by atoms with Crippen LogP contribution in [0.1, 0.15) is 36.0 Å². The van der Waals surface area contributed by atoms with E-state index in [9.17, 15) is 9.59 Å². The number of allylic oxidation sites excluding steroid dienone is 1. The van der Waals surface area contributed by atoms with Crippen LogP contribution in [-0.2, 0) is 4.74 Å². The number of urea groups is 1. The molecule has 0 atom stereocenters. The van der Waals surface area contributed by atoms with Crippen molar-refractivity contribution in [2.45, 2.75) is 25.7 Å². The van der Waals surface area contributed by atoms with Crippen LogP contribution in [0.3, 0.4) is 0 Å². The van der Waals surface area contributed by atoms with Crippen LogP contribution in [0, 0.1) is 5.92 Å². The van der Waals surface area contributed by atoms with Gasteiger partial charge in [0.1, 0.15) is 0 Å². The predicted octanol–water partition coefficient (Wildman–Crippen LogP) is 3.30. The molecule has 0 bridgehead atoms. The largest absolute Gasteiger partial charge is 0.465 e. The normalized spacial score (nSPS) is 15.1. The summed E-state index contributed by atoms with van der Waals surface area (Å²) in [5.74, 6) is 0.190. The molecular formula is C16H20N2O3. The maximum Gasteiger partial charge on any atom is 0.337 e. The fourth-order valence-corrected chi connectivity index (χ4v) is 2.38. The minimum Gasteiger partial charge on any atom is -0.465 e. The van der Waals surface area contributed by atoms with Crippen LogP contribution in [0.5, 0.6) is 0 Å². The molecule has 1 saturated carbocycles. The molecular weight excluding hydrogens is 268 g/mol. The highest BCUT2D eigenvalue weighted by Gasteiger charge is 2.11. The van der Waals surface area contributed by atoms with E-state index in [0.717, 1.165) is 0 Å². The smallest absolute Gasteiger partial charge is 0.337 e. The summed E-state index contributed by atoms with van der Waals surface area (Å²) in [7, 11) is 1.33. The lowest BCUT2D eigenvalue weighted by Crippen LogP contribution is -2.24. The number of ether oxygens (including phenoxy) is 1. The van der Waals surface area contributed by atoms with E-state index in [1.807, 2.05) is 6.08 Å². The quantitative estimate of drug-likeness (QED) is 0.835. The first-order valence-corrected chi connectivity index (χ1v) is 7.11. The van der Waals surface area contributed by atoms with Crippen molar-refractivity contribution in [3.63, 3.8) is 0 Å². The van der Waals surface area contributed by atoms with Gasteiger partial charge in [-0.15, -0.1) is 0 Å². The van der Waals surface area contributed by atoms with E-state index < -0.39 is 5.97 Å². The standard InChI is InChI=1S/C16H20N2O3/c1-21-15(19)13-6-8-14(9-7-13)18-16(20)17-11-10-12-4-2-3-5-12/h6-12H,2-5H2,1H3,(H2,17,18,20)/b11-10+. The van der Waals surface area contributed by atoms with Crippen molar-refractivity contribution >= 4 is 17.7 Å². The lowest BCUT2D eigenvalue weighted by atomic mass is 10.1. The van der Waals surface area contributed by atoms with E-state index in [2.05, 4.69) is 15.4 Å². The molecule has 1 aliphatic carbocycles. The van der Waals surface area contributed by atoms with Crippen LogP contribution >= 0.6 is 0 Å². The molecule has 0 heterocycles. The van der Waals surface area contributed by atoms with Crippen molar-refractivity contribution in [2.24, 2.45) is 5.92 Å². The van der Waals surface area contributed by atoms with Crippen LogP contribution in [-0.4, -0.2) is 19.1 Å². The van der Waals surface area contributed by atoms with Crippen molar-refractivity contribution < 1.29 is 14.3 Å². The van der Waals surface area contributed by atoms with E-state index in [0.29, 0.717) is 17.2 Å². The lowest BCUT2D eigenvalue weighted by molar-refractivity contribution is 0.0601. The monoisotopic (exact) mass is 288 g/mol. The van der Waals surface area contributed by atoms with Crippen molar-refractivity contribution in [3.8, 4) is 0 Å². The van der Waals surface area contributed by atoms with Gasteiger partial charge in [0.2, 0.25) is 0 Å². The average molecular weight is 288 g/mol. The second-order valence-corrected chi connectivity index (χ2v) is 5.07. The summed E-state index contributed by atoms with van der Waals surface area (Å²) in [5.41, 5.74) is 1.07. The molecule has 0 aliphatic heterocycles. The van der Waals surface area contributed by atoms with Gasteiger partial charge in [0.05, 0.1) is 12.7 Å². The van der Waals surface area contributed by atoms with Gasteiger partial charge >= 0.3 is 12.0 Å². The van der Waals surface area contributed by atoms with E-state index >= 15 is 0 Å². The molecule has 0 radical (unpaired) electrons. The van der Waals surface area contributed by atoms with Crippen molar-refractivity contribution in [3.05, 3.63) is 42.1 Å². The summed E-state index contributed by atoms with van der Waals surface area (Å²) in [6.45, 7) is 0. The molecule has 2 rings (SSSR count). The van der Waals surface area contributed by atoms with Crippen molar-refractivity contribution in [2.75, 3.05) is 12.4 Å². The number of rotatable bonds is 4. The number of benzene rings is 1. The van der Waals surface area contributed by atoms with E-state index in [1.165, 1.54) is 32.8 Å². The Hall–Kier alpha value is -2.30. The molecule has 5 nitrogen and oxygen atoms in total. The number of carbonyl (C=O) groups is 2. The Kier molecular flexibility index (Phi) is 5.37. The highest BCUT2D eigenvalue weighted by atomic mass is 16.5. The van der Waals surface area contributed by atoms with Gasteiger partial charge in [-0.3, -0.25) is 0 Å². The third kappa shape index (κ3) is 4.63. The number of esters is 1. The first-order chi connectivity index (χ1) is 10.2. The summed E-state index contributed by atoms with van der Waals surface area (Å²) < 4.78 is 4.61. The molecule has 0 aromatic heterocycles. The van der Waals surface area contributed by atoms with Crippen LogP contribution in [0.2, 0.25) is 0 Å². The SMILES string of the molecule is COC(=O)c1ccc(NC(=O)N/C=C/C2CCCC2)cc1. The fourth-order valence-electron chi connectivity index (χ4n) is 2.38. The Morgan fingerprint density at radius 2 is 1.86 bits per heavy atom. The summed E-state index contributed by atoms with van der Waals surface area (Å²) in [6, 6.07) is 6.24. The third-order valence-electron chi connectivity index (χ3n) is 3.55. The second-order valence-electron chi connectivity index (χ2n) is 5.07. The number of carbonyl (C=O) groups excluding carboxylic acids is 2. The van der Waals surface area contributed by atoms with Crippen molar-refractivity contribution in [1.29, 1.82) is 0 Å². The zero-order chi connectivity index (χ0) is 15.1. The zero-order valence-corrected chi connectivity index (χ0v) is 12.1. The third-order valence-corrected chi connectivity index (χ3v) is 3.55. The van der Waals surface area contributed by atoms with Gasteiger partial charge < -0.3 is 15.4 Å². The fraction of sp³-hybridized carbons (Fsp3) is 0.375. The van der Waals surface area contributed by atoms with Gasteiger partial charge in [-0.05, 0) is 43.0 Å². The number of hydrogen-bond acceptors (Lipinski definition) is 3. The summed E-state index contributed by atoms with van der Waals surface area (Å²) in [5, 5.41) is 5.38. The molecule has 0 saturated heterocycles. The Morgan fingerprint density at radius 1 is 1.19 bits per heavy atom. The van der Waals surface area contributed by atoms with Gasteiger partial charge in [0.25, 0.3) is 0 Å². The van der Waals surface area contributed by atoms with Gasteiger partial charge in [-0.1, -0.05) is 18.9 Å². The van der Waals surface area contributed by atoms with E-state index in [4.69, 9.17) is 0 Å². The van der Waals surface area contributed by atoms with Crippen LogP contribution in [0.4, 0.5) is 10.5 Å². The predicted molar refractivity (Wildman–Crippen MR) is 81.0 cm³/mol. The first-order valence-electron chi connectivity index (χ1n) is 7.11. The summed E-state index contributed by atoms with van der Waals surface area (Å²) in [6.07, 6.45) is 8.70. The van der Waals surface area contributed by atoms with Crippen LogP contribution in [0.15, 0.2) is 36.5 Å². The Labute approximate surface area is 124 Å². The number of anilines is 1. The Balaban J connectivity index is 1.80. The lowest BCUT2D eigenvalue weighted by Gasteiger charge is -2.06. The second kappa shape index (κ2) is 7.47. The molecule has 1 aromatic rings. The summed E-state index contributed by atoms with van der Waals surface area (Å²) >= 11 is 0. The molecule has 0 spiro atoms. The highest BCUT2D eigenvalue weighted by Crippen LogP contribution is 2.25. The molecule has 0 unspecified atom stereocenters. The van der Waals surface area contributed by atoms with E-state index in [1.54, 1.807) is 30.5 Å². The first kappa shape index (κ1) is 15.1. The molecule has 1 fully saturated rings. The van der Waals surface area contributed by atoms with Gasteiger partial charge in [-0.25, -0.2) is 9.59 Å². The molecule has 5 heteroatoms. The van der Waals surface area contributed by atoms with Gasteiger partial charge in [0.15, 0.2) is 0 Å². The minimum absolute atomic E-state index is 0.296. The molecule has 1 aromatic carbocycles. The molecule has 21 heavy (non-hydrogen) atoms. The average Bonchev–Trinajstić information content (AvgIpc) is 3.00. The molecule has 2 N–H and O–H groups in total. The molecule has 2 amide bonds. The van der Waals surface area contributed by atoms with Gasteiger partial charge in [0, 0.05) is 11.9 Å². The van der Waals surface area contributed by atoms with E-state index in [-0.39, 0.29) is 6.03 Å². The summed E-state index contributed by atoms with van der Waals surface area (Å²) in [4.78, 5) is 23.0. The topological polar surface area (TPSA) is 67.4 Å². The number of hydrogen-bond donors (Lipinski definition) is 2. The van der Waals surface area contributed by atoms with Crippen molar-refractivity contribution in [1.82, 2.24) is 5.32 Å². The van der Waals surface area contributed by atoms with Gasteiger partial charge in [-0.2, -0.15) is 0 Å². The Bertz CT molecular complexity index is 517. The Morgan fingerprint density at radius 3 is 2.48 bits per heavy atom. The maximum absolute atomic E-state index is 11.7. The maximum atomic E-state index is 11.7. The molecule has 1 aliphatic rings. The van der Waals surface area contributed by atoms with Crippen LogP contribution in [0.25, 0.3) is 0 Å². The number of nitrogens with one attached hydrogen (secondary N) is 2.